The van der Waals surface area contributed by atoms with Gasteiger partial charge >= 0.3 is 5.97 Å². The van der Waals surface area contributed by atoms with E-state index in [1.54, 1.807) is 20.0 Å². The van der Waals surface area contributed by atoms with Gasteiger partial charge in [-0.3, -0.25) is 14.4 Å². The van der Waals surface area contributed by atoms with Gasteiger partial charge in [-0.25, -0.2) is 9.78 Å². The summed E-state index contributed by atoms with van der Waals surface area (Å²) in [5.74, 6) is -3.80. The van der Waals surface area contributed by atoms with Crippen LogP contribution in [0.5, 0.6) is 0 Å². The van der Waals surface area contributed by atoms with Gasteiger partial charge in [0.1, 0.15) is 18.1 Å². The minimum Gasteiger partial charge on any atom is -0.480 e. The van der Waals surface area contributed by atoms with E-state index in [2.05, 4.69) is 30.9 Å². The molecule has 2 aromatic heterocycles. The number of aliphatic hydroxyl groups excluding tert-OH is 1. The van der Waals surface area contributed by atoms with Crippen LogP contribution < -0.4 is 21.7 Å². The van der Waals surface area contributed by atoms with Crippen LogP contribution in [0.25, 0.3) is 10.9 Å². The smallest absolute Gasteiger partial charge is 0.326 e. The number of nitrogens with two attached hydrogens (primary N) is 1. The maximum Gasteiger partial charge on any atom is 0.326 e. The highest BCUT2D eigenvalue weighted by atomic mass is 16.4. The lowest BCUT2D eigenvalue weighted by atomic mass is 9.98. The monoisotopic (exact) mass is 555 g/mol. The number of hydrogen-bond donors (Lipinski definition) is 8. The predicted octanol–water partition coefficient (Wildman–Crippen LogP) is -0.0306. The molecule has 0 bridgehead atoms. The van der Waals surface area contributed by atoms with Crippen molar-refractivity contribution in [2.75, 3.05) is 0 Å². The van der Waals surface area contributed by atoms with Crippen molar-refractivity contribution < 1.29 is 29.4 Å². The average molecular weight is 556 g/mol. The number of carboxylic acid groups (broad SMARTS) is 1. The molecule has 0 aliphatic rings. The second-order valence-electron chi connectivity index (χ2n) is 9.95. The Morgan fingerprint density at radius 3 is 2.30 bits per heavy atom. The number of nitrogens with zero attached hydrogens (tertiary/aromatic N) is 1. The van der Waals surface area contributed by atoms with Crippen LogP contribution in [0.3, 0.4) is 0 Å². The number of carbonyl (C=O) groups excluding carboxylic acids is 3. The molecule has 9 N–H and O–H groups in total. The molecule has 0 aliphatic heterocycles. The Kier molecular flexibility index (Phi) is 10.4. The Morgan fingerprint density at radius 2 is 1.68 bits per heavy atom. The summed E-state index contributed by atoms with van der Waals surface area (Å²) >= 11 is 0. The molecular formula is C27H37N7O6. The number of benzene rings is 1. The zero-order valence-electron chi connectivity index (χ0n) is 22.7. The number of aliphatic carboxylic acids is 1. The molecule has 0 fully saturated rings. The summed E-state index contributed by atoms with van der Waals surface area (Å²) in [6, 6.07) is 2.70. The van der Waals surface area contributed by atoms with Crippen LogP contribution in [0.2, 0.25) is 0 Å². The lowest BCUT2D eigenvalue weighted by molar-refractivity contribution is -0.144. The van der Waals surface area contributed by atoms with Crippen LogP contribution in [0, 0.1) is 5.92 Å². The molecule has 6 atom stereocenters. The molecule has 0 saturated heterocycles. The second-order valence-corrected chi connectivity index (χ2v) is 9.95. The predicted molar refractivity (Wildman–Crippen MR) is 147 cm³/mol. The normalized spacial score (nSPS) is 15.8. The highest BCUT2D eigenvalue weighted by Crippen LogP contribution is 2.19. The largest absolute Gasteiger partial charge is 0.480 e. The van der Waals surface area contributed by atoms with Gasteiger partial charge in [-0.15, -0.1) is 0 Å². The number of imidazole rings is 1. The fourth-order valence-corrected chi connectivity index (χ4v) is 4.32. The average Bonchev–Trinajstić information content (AvgIpc) is 3.59. The van der Waals surface area contributed by atoms with E-state index in [0.29, 0.717) is 12.1 Å². The maximum atomic E-state index is 13.2. The summed E-state index contributed by atoms with van der Waals surface area (Å²) in [6.07, 6.45) is 3.95. The van der Waals surface area contributed by atoms with E-state index in [1.165, 1.54) is 19.4 Å². The Labute approximate surface area is 231 Å². The highest BCUT2D eigenvalue weighted by Gasteiger charge is 2.34. The van der Waals surface area contributed by atoms with E-state index in [9.17, 15) is 29.4 Å². The summed E-state index contributed by atoms with van der Waals surface area (Å²) in [4.78, 5) is 60.9. The lowest BCUT2D eigenvalue weighted by Gasteiger charge is -2.27. The first kappa shape index (κ1) is 30.3. The van der Waals surface area contributed by atoms with Crippen molar-refractivity contribution in [2.45, 2.75) is 70.3 Å². The number of nitrogens with one attached hydrogen (secondary N) is 5. The van der Waals surface area contributed by atoms with Crippen LogP contribution in [0.1, 0.15) is 38.4 Å². The van der Waals surface area contributed by atoms with Crippen molar-refractivity contribution in [1.29, 1.82) is 0 Å². The maximum absolute atomic E-state index is 13.2. The van der Waals surface area contributed by atoms with Crippen molar-refractivity contribution >= 4 is 34.6 Å². The molecule has 0 radical (unpaired) electrons. The molecule has 40 heavy (non-hydrogen) atoms. The molecule has 1 aromatic carbocycles. The Bertz CT molecular complexity index is 1310. The van der Waals surface area contributed by atoms with Crippen LogP contribution in [-0.2, 0) is 32.0 Å². The number of amides is 3. The molecule has 216 valence electrons. The van der Waals surface area contributed by atoms with E-state index >= 15 is 0 Å². The minimum absolute atomic E-state index is 0.0367. The van der Waals surface area contributed by atoms with Crippen LogP contribution >= 0.6 is 0 Å². The van der Waals surface area contributed by atoms with Crippen LogP contribution in [0.4, 0.5) is 0 Å². The van der Waals surface area contributed by atoms with Gasteiger partial charge in [0.25, 0.3) is 0 Å². The van der Waals surface area contributed by atoms with Gasteiger partial charge in [0.05, 0.1) is 18.5 Å². The second kappa shape index (κ2) is 13.7. The van der Waals surface area contributed by atoms with Crippen LogP contribution in [-0.4, -0.2) is 79.1 Å². The summed E-state index contributed by atoms with van der Waals surface area (Å²) < 4.78 is 0. The number of hydrogen-bond acceptors (Lipinski definition) is 7. The molecule has 3 aromatic rings. The fourth-order valence-electron chi connectivity index (χ4n) is 4.32. The first-order chi connectivity index (χ1) is 19.0. The number of H-pyrrole nitrogens is 2. The third kappa shape index (κ3) is 7.67. The SMILES string of the molecule is CCC(C)C(NC(=O)C(Cc1cnc[nH]1)NC(=O)C(NC(=O)C(N)Cc1c[nH]c2ccccc12)C(C)O)C(=O)O. The zero-order chi connectivity index (χ0) is 29.4. The molecule has 0 saturated carbocycles. The van der Waals surface area contributed by atoms with E-state index in [0.717, 1.165) is 16.5 Å². The Morgan fingerprint density at radius 1 is 0.975 bits per heavy atom. The van der Waals surface area contributed by atoms with Gasteiger partial charge in [-0.05, 0) is 30.9 Å². The standard InChI is InChI=1S/C27H37N7O6/c1-4-14(2)22(27(39)40)33-25(37)21(10-17-12-29-13-31-17)32-26(38)23(15(3)35)34-24(36)19(28)9-16-11-30-20-8-6-5-7-18(16)20/h5-8,11-15,19,21-23,30,35H,4,9-10,28H2,1-3H3,(H,29,31)(H,32,38)(H,33,37)(H,34,36)(H,39,40). The van der Waals surface area contributed by atoms with E-state index in [1.807, 2.05) is 24.3 Å². The number of fused-ring (bicyclic) bond motifs is 1. The lowest BCUT2D eigenvalue weighted by Crippen LogP contribution is -2.60. The molecule has 13 heteroatoms. The van der Waals surface area contributed by atoms with E-state index < -0.39 is 54.0 Å². The van der Waals surface area contributed by atoms with E-state index in [4.69, 9.17) is 5.73 Å². The van der Waals surface area contributed by atoms with Crippen molar-refractivity contribution in [3.63, 3.8) is 0 Å². The van der Waals surface area contributed by atoms with Gasteiger partial charge in [-0.2, -0.15) is 0 Å². The number of aromatic amines is 2. The Hall–Kier alpha value is -4.23. The minimum atomic E-state index is -1.43. The van der Waals surface area contributed by atoms with Crippen molar-refractivity contribution in [2.24, 2.45) is 11.7 Å². The van der Waals surface area contributed by atoms with Gasteiger partial charge in [0, 0.05) is 35.4 Å². The molecule has 3 amide bonds. The molecule has 6 unspecified atom stereocenters. The van der Waals surface area contributed by atoms with Crippen molar-refractivity contribution in [1.82, 2.24) is 30.9 Å². The summed E-state index contributed by atoms with van der Waals surface area (Å²) in [7, 11) is 0. The third-order valence-corrected chi connectivity index (χ3v) is 6.90. The molecule has 3 rings (SSSR count). The molecule has 0 aliphatic carbocycles. The first-order valence-corrected chi connectivity index (χ1v) is 13.1. The summed E-state index contributed by atoms with van der Waals surface area (Å²) in [5, 5.41) is 28.4. The van der Waals surface area contributed by atoms with Crippen LogP contribution in [0.15, 0.2) is 43.0 Å². The van der Waals surface area contributed by atoms with Gasteiger partial charge in [0.15, 0.2) is 0 Å². The fraction of sp³-hybridized carbons (Fsp3) is 0.444. The van der Waals surface area contributed by atoms with Gasteiger partial charge in [0.2, 0.25) is 17.7 Å². The molecule has 2 heterocycles. The molecule has 0 spiro atoms. The summed E-state index contributed by atoms with van der Waals surface area (Å²) in [5.41, 5.74) is 8.37. The summed E-state index contributed by atoms with van der Waals surface area (Å²) in [6.45, 7) is 4.82. The molecular weight excluding hydrogens is 518 g/mol. The van der Waals surface area contributed by atoms with Crippen molar-refractivity contribution in [3.8, 4) is 0 Å². The topological polar surface area (TPSA) is 215 Å². The number of aromatic nitrogens is 3. The highest BCUT2D eigenvalue weighted by molar-refractivity contribution is 5.95. The first-order valence-electron chi connectivity index (χ1n) is 13.1. The number of para-hydroxylation sites is 1. The third-order valence-electron chi connectivity index (χ3n) is 6.90. The quantitative estimate of drug-likeness (QED) is 0.135. The number of carboxylic acids is 1. The zero-order valence-corrected chi connectivity index (χ0v) is 22.7. The number of aliphatic hydroxyl groups is 1. The number of rotatable bonds is 14. The Balaban J connectivity index is 1.72. The van der Waals surface area contributed by atoms with E-state index in [-0.39, 0.29) is 18.8 Å². The van der Waals surface area contributed by atoms with Crippen molar-refractivity contribution in [3.05, 3.63) is 54.2 Å². The number of carbonyl (C=O) groups is 4. The van der Waals surface area contributed by atoms with Gasteiger partial charge < -0.3 is 41.9 Å². The molecule has 13 nitrogen and oxygen atoms in total. The van der Waals surface area contributed by atoms with Gasteiger partial charge in [-0.1, -0.05) is 38.5 Å².